The zero-order valence-electron chi connectivity index (χ0n) is 8.72. The lowest BCUT2D eigenvalue weighted by molar-refractivity contribution is 1.12. The number of nitrogen functional groups attached to an aromatic ring is 4. The van der Waals surface area contributed by atoms with Crippen molar-refractivity contribution in [2.24, 2.45) is 0 Å². The highest BCUT2D eigenvalue weighted by Gasteiger charge is 2.14. The quantitative estimate of drug-likeness (QED) is 0.530. The molecule has 1 rings (SSSR count). The van der Waals surface area contributed by atoms with Gasteiger partial charge in [-0.25, -0.2) is 0 Å². The Morgan fingerprint density at radius 1 is 0.643 bits per heavy atom. The molecule has 0 bridgehead atoms. The molecule has 0 saturated heterocycles. The van der Waals surface area contributed by atoms with E-state index in [1.165, 1.54) is 0 Å². The van der Waals surface area contributed by atoms with Crippen molar-refractivity contribution < 1.29 is 0 Å². The molecular weight excluding hydrogens is 176 g/mol. The van der Waals surface area contributed by atoms with E-state index in [4.69, 9.17) is 22.9 Å². The van der Waals surface area contributed by atoms with Gasteiger partial charge in [0.2, 0.25) is 0 Å². The van der Waals surface area contributed by atoms with Crippen LogP contribution in [0, 0.1) is 0 Å². The number of rotatable bonds is 2. The summed E-state index contributed by atoms with van der Waals surface area (Å²) >= 11 is 0. The molecule has 14 heavy (non-hydrogen) atoms. The van der Waals surface area contributed by atoms with Crippen molar-refractivity contribution in [1.29, 1.82) is 0 Å². The molecule has 0 saturated carbocycles. The molecule has 0 atom stereocenters. The first-order valence-corrected chi connectivity index (χ1v) is 4.78. The third-order valence-corrected chi connectivity index (χ3v) is 2.59. The second-order valence-electron chi connectivity index (χ2n) is 3.32. The van der Waals surface area contributed by atoms with Crippen molar-refractivity contribution in [1.82, 2.24) is 0 Å². The standard InChI is InChI=1S/C10H18N4/c1-3-5-7(11)9(13)6(4-2)10(14)8(5)12/h3-4,11-14H2,1-2H3. The van der Waals surface area contributed by atoms with Crippen LogP contribution in [-0.2, 0) is 12.8 Å². The topological polar surface area (TPSA) is 104 Å². The molecule has 0 unspecified atom stereocenters. The van der Waals surface area contributed by atoms with Crippen LogP contribution in [-0.4, -0.2) is 0 Å². The van der Waals surface area contributed by atoms with E-state index in [0.29, 0.717) is 22.7 Å². The maximum absolute atomic E-state index is 5.88. The summed E-state index contributed by atoms with van der Waals surface area (Å²) in [5.41, 5.74) is 27.6. The number of hydrogen-bond donors (Lipinski definition) is 4. The predicted octanol–water partition coefficient (Wildman–Crippen LogP) is 1.14. The van der Waals surface area contributed by atoms with Gasteiger partial charge in [-0.15, -0.1) is 0 Å². The number of nitrogens with two attached hydrogens (primary N) is 4. The highest BCUT2D eigenvalue weighted by molar-refractivity contribution is 5.87. The molecule has 0 spiro atoms. The molecule has 0 radical (unpaired) electrons. The zero-order chi connectivity index (χ0) is 10.9. The molecular formula is C10H18N4. The van der Waals surface area contributed by atoms with Gasteiger partial charge in [0.15, 0.2) is 0 Å². The van der Waals surface area contributed by atoms with Crippen LogP contribution in [0.2, 0.25) is 0 Å². The summed E-state index contributed by atoms with van der Waals surface area (Å²) in [6.45, 7) is 3.96. The predicted molar refractivity (Wildman–Crippen MR) is 62.8 cm³/mol. The van der Waals surface area contributed by atoms with E-state index in [2.05, 4.69) is 0 Å². The minimum Gasteiger partial charge on any atom is -0.397 e. The van der Waals surface area contributed by atoms with Gasteiger partial charge in [-0.3, -0.25) is 0 Å². The van der Waals surface area contributed by atoms with Crippen molar-refractivity contribution in [3.8, 4) is 0 Å². The fourth-order valence-corrected chi connectivity index (χ4v) is 1.70. The second-order valence-corrected chi connectivity index (χ2v) is 3.32. The van der Waals surface area contributed by atoms with Crippen LogP contribution in [0.25, 0.3) is 0 Å². The van der Waals surface area contributed by atoms with Gasteiger partial charge in [0.1, 0.15) is 0 Å². The Kier molecular flexibility index (Phi) is 2.74. The molecule has 0 aliphatic rings. The maximum atomic E-state index is 5.88. The highest BCUT2D eigenvalue weighted by atomic mass is 14.8. The van der Waals surface area contributed by atoms with E-state index in [-0.39, 0.29) is 0 Å². The van der Waals surface area contributed by atoms with Crippen molar-refractivity contribution in [2.75, 3.05) is 22.9 Å². The van der Waals surface area contributed by atoms with Gasteiger partial charge in [0.25, 0.3) is 0 Å². The largest absolute Gasteiger partial charge is 0.397 e. The fourth-order valence-electron chi connectivity index (χ4n) is 1.70. The molecule has 0 aliphatic heterocycles. The first-order chi connectivity index (χ1) is 6.54. The summed E-state index contributed by atoms with van der Waals surface area (Å²) in [6, 6.07) is 0. The first-order valence-electron chi connectivity index (χ1n) is 4.78. The Morgan fingerprint density at radius 3 is 1.00 bits per heavy atom. The summed E-state index contributed by atoms with van der Waals surface area (Å²) in [5.74, 6) is 0. The van der Waals surface area contributed by atoms with Crippen LogP contribution < -0.4 is 22.9 Å². The van der Waals surface area contributed by atoms with Crippen molar-refractivity contribution in [3.05, 3.63) is 11.1 Å². The van der Waals surface area contributed by atoms with Gasteiger partial charge in [0.05, 0.1) is 22.7 Å². The highest BCUT2D eigenvalue weighted by Crippen LogP contribution is 2.36. The molecule has 4 heteroatoms. The lowest BCUT2D eigenvalue weighted by atomic mass is 9.98. The molecule has 0 aliphatic carbocycles. The van der Waals surface area contributed by atoms with Crippen LogP contribution in [0.15, 0.2) is 0 Å². The van der Waals surface area contributed by atoms with E-state index in [0.717, 1.165) is 24.0 Å². The van der Waals surface area contributed by atoms with Gasteiger partial charge >= 0.3 is 0 Å². The Hall–Kier alpha value is -1.58. The Balaban J connectivity index is 3.55. The molecule has 0 amide bonds. The molecule has 8 N–H and O–H groups in total. The minimum atomic E-state index is 0.580. The molecule has 0 heterocycles. The van der Waals surface area contributed by atoms with Gasteiger partial charge in [0, 0.05) is 11.1 Å². The maximum Gasteiger partial charge on any atom is 0.0605 e. The Bertz CT molecular complexity index is 294. The van der Waals surface area contributed by atoms with Crippen LogP contribution >= 0.6 is 0 Å². The van der Waals surface area contributed by atoms with Gasteiger partial charge in [-0.1, -0.05) is 13.8 Å². The zero-order valence-corrected chi connectivity index (χ0v) is 8.72. The van der Waals surface area contributed by atoms with E-state index >= 15 is 0 Å². The molecule has 1 aromatic carbocycles. The molecule has 0 aromatic heterocycles. The summed E-state index contributed by atoms with van der Waals surface area (Å²) in [5, 5.41) is 0. The lowest BCUT2D eigenvalue weighted by Crippen LogP contribution is -2.10. The molecule has 4 nitrogen and oxygen atoms in total. The van der Waals surface area contributed by atoms with Crippen LogP contribution in [0.3, 0.4) is 0 Å². The fraction of sp³-hybridized carbons (Fsp3) is 0.400. The smallest absolute Gasteiger partial charge is 0.0605 e. The van der Waals surface area contributed by atoms with Crippen LogP contribution in [0.5, 0.6) is 0 Å². The second kappa shape index (κ2) is 3.65. The van der Waals surface area contributed by atoms with Crippen molar-refractivity contribution >= 4 is 22.7 Å². The number of hydrogen-bond acceptors (Lipinski definition) is 4. The van der Waals surface area contributed by atoms with Crippen LogP contribution in [0.4, 0.5) is 22.7 Å². The van der Waals surface area contributed by atoms with E-state index in [1.54, 1.807) is 0 Å². The monoisotopic (exact) mass is 194 g/mol. The number of benzene rings is 1. The Morgan fingerprint density at radius 2 is 0.857 bits per heavy atom. The molecule has 0 fully saturated rings. The lowest BCUT2D eigenvalue weighted by Gasteiger charge is -2.17. The normalized spacial score (nSPS) is 10.4. The van der Waals surface area contributed by atoms with Gasteiger partial charge < -0.3 is 22.9 Å². The van der Waals surface area contributed by atoms with Crippen LogP contribution in [0.1, 0.15) is 25.0 Å². The average molecular weight is 194 g/mol. The molecule has 78 valence electrons. The third kappa shape index (κ3) is 1.32. The van der Waals surface area contributed by atoms with E-state index < -0.39 is 0 Å². The minimum absolute atomic E-state index is 0.580. The third-order valence-electron chi connectivity index (χ3n) is 2.59. The average Bonchev–Trinajstić information content (AvgIpc) is 2.17. The Labute approximate surface area is 84.3 Å². The van der Waals surface area contributed by atoms with Crippen molar-refractivity contribution in [2.45, 2.75) is 26.7 Å². The summed E-state index contributed by atoms with van der Waals surface area (Å²) in [4.78, 5) is 0. The summed E-state index contributed by atoms with van der Waals surface area (Å²) < 4.78 is 0. The van der Waals surface area contributed by atoms with Gasteiger partial charge in [-0.05, 0) is 12.8 Å². The number of anilines is 4. The van der Waals surface area contributed by atoms with E-state index in [9.17, 15) is 0 Å². The SMILES string of the molecule is CCc1c(N)c(N)c(CC)c(N)c1N. The summed E-state index contributed by atoms with van der Waals surface area (Å²) in [7, 11) is 0. The van der Waals surface area contributed by atoms with Crippen molar-refractivity contribution in [3.63, 3.8) is 0 Å². The summed E-state index contributed by atoms with van der Waals surface area (Å²) in [6.07, 6.45) is 1.49. The van der Waals surface area contributed by atoms with E-state index in [1.807, 2.05) is 13.8 Å². The molecule has 1 aromatic rings. The van der Waals surface area contributed by atoms with Gasteiger partial charge in [-0.2, -0.15) is 0 Å². The first kappa shape index (κ1) is 10.5.